The number of fused-ring (bicyclic) bond motifs is 1. The molecule has 3 rings (SSSR count). The van der Waals surface area contributed by atoms with Crippen molar-refractivity contribution in [2.24, 2.45) is 5.92 Å². The highest BCUT2D eigenvalue weighted by Crippen LogP contribution is 2.22. The molecule has 1 amide bonds. The van der Waals surface area contributed by atoms with E-state index in [1.807, 2.05) is 19.1 Å². The Labute approximate surface area is 137 Å². The predicted molar refractivity (Wildman–Crippen MR) is 92.5 cm³/mol. The third-order valence-electron chi connectivity index (χ3n) is 4.76. The Morgan fingerprint density at radius 2 is 2.30 bits per heavy atom. The number of piperidine rings is 1. The Bertz CT molecular complexity index is 677. The van der Waals surface area contributed by atoms with E-state index in [4.69, 9.17) is 4.42 Å². The topological polar surface area (TPSA) is 45.5 Å². The van der Waals surface area contributed by atoms with E-state index in [1.165, 1.54) is 24.9 Å². The molecule has 4 heteroatoms. The summed E-state index contributed by atoms with van der Waals surface area (Å²) in [5, 5.41) is 4.10. The van der Waals surface area contributed by atoms with Crippen LogP contribution < -0.4 is 5.32 Å². The number of benzene rings is 1. The van der Waals surface area contributed by atoms with E-state index >= 15 is 0 Å². The third-order valence-corrected chi connectivity index (χ3v) is 4.76. The number of likely N-dealkylation sites (tertiary alicyclic amines) is 1. The molecule has 23 heavy (non-hydrogen) atoms. The number of hydrogen-bond acceptors (Lipinski definition) is 3. The number of furan rings is 1. The molecular weight excluding hydrogens is 288 g/mol. The minimum absolute atomic E-state index is 0.0810. The second-order valence-electron chi connectivity index (χ2n) is 6.85. The maximum absolute atomic E-state index is 12.2. The molecule has 0 spiro atoms. The van der Waals surface area contributed by atoms with Crippen molar-refractivity contribution in [3.05, 3.63) is 35.6 Å². The summed E-state index contributed by atoms with van der Waals surface area (Å²) in [6.07, 6.45) is 5.73. The average molecular weight is 314 g/mol. The second-order valence-corrected chi connectivity index (χ2v) is 6.85. The Kier molecular flexibility index (Phi) is 5.01. The molecule has 4 nitrogen and oxygen atoms in total. The van der Waals surface area contributed by atoms with Gasteiger partial charge < -0.3 is 14.6 Å². The largest absolute Gasteiger partial charge is 0.464 e. The molecule has 1 atom stereocenters. The number of rotatable bonds is 5. The van der Waals surface area contributed by atoms with Gasteiger partial charge in [0.2, 0.25) is 5.91 Å². The summed E-state index contributed by atoms with van der Waals surface area (Å²) in [6, 6.07) is 6.10. The number of nitrogens with zero attached hydrogens (tertiary/aromatic N) is 1. The van der Waals surface area contributed by atoms with Crippen LogP contribution in [0.15, 0.2) is 28.9 Å². The van der Waals surface area contributed by atoms with Crippen LogP contribution in [0.5, 0.6) is 0 Å². The van der Waals surface area contributed by atoms with Crippen LogP contribution >= 0.6 is 0 Å². The van der Waals surface area contributed by atoms with E-state index in [1.54, 1.807) is 6.26 Å². The van der Waals surface area contributed by atoms with Crippen LogP contribution in [0.2, 0.25) is 0 Å². The summed E-state index contributed by atoms with van der Waals surface area (Å²) >= 11 is 0. The number of aryl methyl sites for hydroxylation is 1. The lowest BCUT2D eigenvalue weighted by Gasteiger charge is -2.29. The van der Waals surface area contributed by atoms with Gasteiger partial charge in [-0.25, -0.2) is 0 Å². The van der Waals surface area contributed by atoms with E-state index in [2.05, 4.69) is 23.3 Å². The standard InChI is InChI=1S/C19H26N2O2/c1-14-5-6-17-16(13-23-18(17)10-14)11-19(22)20-8-7-15-4-3-9-21(2)12-15/h5-6,10,13,15H,3-4,7-9,11-12H2,1-2H3,(H,20,22)/t15-/m0/s1. The van der Waals surface area contributed by atoms with Crippen molar-refractivity contribution in [1.82, 2.24) is 10.2 Å². The van der Waals surface area contributed by atoms with E-state index < -0.39 is 0 Å². The van der Waals surface area contributed by atoms with Crippen molar-refractivity contribution in [2.45, 2.75) is 32.6 Å². The van der Waals surface area contributed by atoms with Crippen molar-refractivity contribution >= 4 is 16.9 Å². The number of carbonyl (C=O) groups excluding carboxylic acids is 1. The van der Waals surface area contributed by atoms with Gasteiger partial charge in [0.05, 0.1) is 12.7 Å². The monoisotopic (exact) mass is 314 g/mol. The molecule has 1 aliphatic heterocycles. The fraction of sp³-hybridized carbons (Fsp3) is 0.526. The lowest BCUT2D eigenvalue weighted by atomic mass is 9.95. The van der Waals surface area contributed by atoms with Gasteiger partial charge in [0.25, 0.3) is 0 Å². The zero-order valence-electron chi connectivity index (χ0n) is 14.1. The minimum atomic E-state index is 0.0810. The summed E-state index contributed by atoms with van der Waals surface area (Å²) < 4.78 is 5.56. The van der Waals surface area contributed by atoms with Gasteiger partial charge in [-0.1, -0.05) is 12.1 Å². The highest BCUT2D eigenvalue weighted by Gasteiger charge is 2.17. The van der Waals surface area contributed by atoms with Crippen LogP contribution in [-0.4, -0.2) is 37.5 Å². The average Bonchev–Trinajstić information content (AvgIpc) is 2.89. The van der Waals surface area contributed by atoms with Crippen molar-refractivity contribution in [3.63, 3.8) is 0 Å². The first kappa shape index (κ1) is 16.1. The Balaban J connectivity index is 1.49. The molecule has 2 heterocycles. The van der Waals surface area contributed by atoms with Crippen LogP contribution in [0.1, 0.15) is 30.4 Å². The maximum Gasteiger partial charge on any atom is 0.224 e. The summed E-state index contributed by atoms with van der Waals surface area (Å²) in [4.78, 5) is 14.5. The highest BCUT2D eigenvalue weighted by atomic mass is 16.3. The lowest BCUT2D eigenvalue weighted by molar-refractivity contribution is -0.120. The van der Waals surface area contributed by atoms with Crippen molar-refractivity contribution in [3.8, 4) is 0 Å². The molecule has 1 saturated heterocycles. The van der Waals surface area contributed by atoms with Crippen LogP contribution in [0.25, 0.3) is 11.0 Å². The predicted octanol–water partition coefficient (Wildman–Crippen LogP) is 3.13. The third kappa shape index (κ3) is 4.14. The first-order valence-electron chi connectivity index (χ1n) is 8.54. The number of nitrogens with one attached hydrogen (secondary N) is 1. The van der Waals surface area contributed by atoms with Gasteiger partial charge in [-0.05, 0) is 57.3 Å². The van der Waals surface area contributed by atoms with Gasteiger partial charge in [0.1, 0.15) is 5.58 Å². The van der Waals surface area contributed by atoms with Gasteiger partial charge in [-0.3, -0.25) is 4.79 Å². The van der Waals surface area contributed by atoms with Gasteiger partial charge >= 0.3 is 0 Å². The van der Waals surface area contributed by atoms with Crippen molar-refractivity contribution in [2.75, 3.05) is 26.7 Å². The SMILES string of the molecule is Cc1ccc2c(CC(=O)NCC[C@@H]3CCCN(C)C3)coc2c1. The van der Waals surface area contributed by atoms with E-state index in [0.717, 1.165) is 36.0 Å². The van der Waals surface area contributed by atoms with Crippen LogP contribution in [0.4, 0.5) is 0 Å². The molecule has 1 aromatic heterocycles. The smallest absolute Gasteiger partial charge is 0.224 e. The molecule has 2 aromatic rings. The molecule has 124 valence electrons. The first-order valence-corrected chi connectivity index (χ1v) is 8.54. The summed E-state index contributed by atoms with van der Waals surface area (Å²) in [7, 11) is 2.18. The molecule has 0 aliphatic carbocycles. The molecule has 0 radical (unpaired) electrons. The molecular formula is C19H26N2O2. The van der Waals surface area contributed by atoms with Crippen LogP contribution in [0.3, 0.4) is 0 Å². The first-order chi connectivity index (χ1) is 11.1. The summed E-state index contributed by atoms with van der Waals surface area (Å²) in [5.41, 5.74) is 2.99. The molecule has 1 N–H and O–H groups in total. The zero-order valence-corrected chi connectivity index (χ0v) is 14.1. The van der Waals surface area contributed by atoms with Crippen LogP contribution in [0, 0.1) is 12.8 Å². The minimum Gasteiger partial charge on any atom is -0.464 e. The van der Waals surface area contributed by atoms with Gasteiger partial charge in [0.15, 0.2) is 0 Å². The van der Waals surface area contributed by atoms with Crippen molar-refractivity contribution < 1.29 is 9.21 Å². The normalized spacial score (nSPS) is 19.1. The highest BCUT2D eigenvalue weighted by molar-refractivity contribution is 5.87. The van der Waals surface area contributed by atoms with E-state index in [-0.39, 0.29) is 5.91 Å². The molecule has 1 fully saturated rings. The van der Waals surface area contributed by atoms with Gasteiger partial charge in [0, 0.05) is 24.0 Å². The number of amides is 1. The molecule has 0 saturated carbocycles. The molecule has 1 aromatic carbocycles. The Morgan fingerprint density at radius 3 is 3.13 bits per heavy atom. The lowest BCUT2D eigenvalue weighted by Crippen LogP contribution is -2.34. The zero-order chi connectivity index (χ0) is 16.2. The second kappa shape index (κ2) is 7.18. The van der Waals surface area contributed by atoms with Gasteiger partial charge in [-0.15, -0.1) is 0 Å². The molecule has 1 aliphatic rings. The van der Waals surface area contributed by atoms with Gasteiger partial charge in [-0.2, -0.15) is 0 Å². The number of hydrogen-bond donors (Lipinski definition) is 1. The maximum atomic E-state index is 12.2. The van der Waals surface area contributed by atoms with E-state index in [0.29, 0.717) is 12.3 Å². The summed E-state index contributed by atoms with van der Waals surface area (Å²) in [6.45, 7) is 5.17. The number of carbonyl (C=O) groups is 1. The van der Waals surface area contributed by atoms with Crippen molar-refractivity contribution in [1.29, 1.82) is 0 Å². The van der Waals surface area contributed by atoms with E-state index in [9.17, 15) is 4.79 Å². The molecule has 0 bridgehead atoms. The Hall–Kier alpha value is -1.81. The van der Waals surface area contributed by atoms with Crippen LogP contribution in [-0.2, 0) is 11.2 Å². The quantitative estimate of drug-likeness (QED) is 0.922. The fourth-order valence-electron chi connectivity index (χ4n) is 3.49. The fourth-order valence-corrected chi connectivity index (χ4v) is 3.49. The summed E-state index contributed by atoms with van der Waals surface area (Å²) in [5.74, 6) is 0.796. The Morgan fingerprint density at radius 1 is 1.43 bits per heavy atom. The molecule has 0 unspecified atom stereocenters.